The number of benzene rings is 1. The molecule has 1 aromatic heterocycles. The van der Waals surface area contributed by atoms with Crippen molar-refractivity contribution in [2.45, 2.75) is 57.0 Å². The summed E-state index contributed by atoms with van der Waals surface area (Å²) in [6.07, 6.45) is 3.45. The first-order valence-corrected chi connectivity index (χ1v) is 11.7. The van der Waals surface area contributed by atoms with Gasteiger partial charge in [-0.3, -0.25) is 9.36 Å². The molecule has 0 bridgehead atoms. The number of nitrogens with one attached hydrogen (secondary N) is 1. The van der Waals surface area contributed by atoms with Gasteiger partial charge in [-0.2, -0.15) is 0 Å². The lowest BCUT2D eigenvalue weighted by Gasteiger charge is -2.28. The highest BCUT2D eigenvalue weighted by atomic mass is 32.2. The number of carbonyl (C=O) groups excluding carboxylic acids is 1. The van der Waals surface area contributed by atoms with E-state index in [-0.39, 0.29) is 11.2 Å². The number of aryl methyl sites for hydroxylation is 2. The third kappa shape index (κ3) is 4.81. The van der Waals surface area contributed by atoms with Gasteiger partial charge >= 0.3 is 0 Å². The van der Waals surface area contributed by atoms with Crippen LogP contribution in [0.3, 0.4) is 0 Å². The standard InChI is InChI=1S/C22H31N5O2S/c1-15(2)14-27-21(26-9-11-29-12-10-26)24-25-22(27)30-16(3)20(28)23-19-8-7-17-5-4-6-18(17)13-19/h7-8,13,15-16H,4-6,9-12,14H2,1-3H3,(H,23,28)/t16-/m1/s1. The molecule has 1 saturated heterocycles. The number of fused-ring (bicyclic) bond motifs is 1. The van der Waals surface area contributed by atoms with E-state index in [4.69, 9.17) is 4.74 Å². The SMILES string of the molecule is CC(C)Cn1c(S[C@H](C)C(=O)Nc2ccc3c(c2)CCC3)nnc1N1CCOCC1. The minimum atomic E-state index is -0.272. The van der Waals surface area contributed by atoms with Crippen molar-refractivity contribution in [3.63, 3.8) is 0 Å². The average Bonchev–Trinajstić information content (AvgIpc) is 3.35. The Labute approximate surface area is 182 Å². The van der Waals surface area contributed by atoms with E-state index in [0.29, 0.717) is 19.1 Å². The molecule has 1 aromatic carbocycles. The molecule has 0 unspecified atom stereocenters. The Kier molecular flexibility index (Phi) is 6.63. The largest absolute Gasteiger partial charge is 0.378 e. The summed E-state index contributed by atoms with van der Waals surface area (Å²) in [6, 6.07) is 6.27. The van der Waals surface area contributed by atoms with Crippen LogP contribution in [-0.2, 0) is 28.9 Å². The van der Waals surface area contributed by atoms with Crippen LogP contribution in [0, 0.1) is 5.92 Å². The van der Waals surface area contributed by atoms with Gasteiger partial charge in [0.05, 0.1) is 18.5 Å². The lowest BCUT2D eigenvalue weighted by Crippen LogP contribution is -2.38. The van der Waals surface area contributed by atoms with E-state index >= 15 is 0 Å². The number of amides is 1. The molecule has 1 aliphatic heterocycles. The van der Waals surface area contributed by atoms with E-state index in [2.05, 4.69) is 51.0 Å². The molecular formula is C22H31N5O2S. The van der Waals surface area contributed by atoms with Gasteiger partial charge in [-0.05, 0) is 55.4 Å². The fourth-order valence-electron chi connectivity index (χ4n) is 4.00. The normalized spacial score (nSPS) is 17.3. The molecule has 0 spiro atoms. The van der Waals surface area contributed by atoms with E-state index in [1.54, 1.807) is 0 Å². The fraction of sp³-hybridized carbons (Fsp3) is 0.591. The predicted octanol–water partition coefficient (Wildman–Crippen LogP) is 3.38. The van der Waals surface area contributed by atoms with Crippen molar-refractivity contribution >= 4 is 29.3 Å². The molecule has 1 atom stereocenters. The topological polar surface area (TPSA) is 72.3 Å². The van der Waals surface area contributed by atoms with E-state index < -0.39 is 0 Å². The van der Waals surface area contributed by atoms with Gasteiger partial charge in [-0.1, -0.05) is 31.7 Å². The van der Waals surface area contributed by atoms with Gasteiger partial charge in [-0.25, -0.2) is 0 Å². The first kappa shape index (κ1) is 21.2. The monoisotopic (exact) mass is 429 g/mol. The van der Waals surface area contributed by atoms with Crippen molar-refractivity contribution < 1.29 is 9.53 Å². The summed E-state index contributed by atoms with van der Waals surface area (Å²) in [5, 5.41) is 12.5. The second-order valence-electron chi connectivity index (χ2n) is 8.47. The summed E-state index contributed by atoms with van der Waals surface area (Å²) in [4.78, 5) is 15.1. The number of hydrogen-bond acceptors (Lipinski definition) is 6. The molecule has 2 heterocycles. The number of ether oxygens (including phenoxy) is 1. The Hall–Kier alpha value is -2.06. The van der Waals surface area contributed by atoms with Gasteiger partial charge in [0.25, 0.3) is 0 Å². The lowest BCUT2D eigenvalue weighted by atomic mass is 10.1. The molecule has 0 saturated carbocycles. The maximum absolute atomic E-state index is 12.8. The average molecular weight is 430 g/mol. The summed E-state index contributed by atoms with van der Waals surface area (Å²) in [7, 11) is 0. The first-order chi connectivity index (χ1) is 14.5. The molecule has 30 heavy (non-hydrogen) atoms. The quantitative estimate of drug-likeness (QED) is 0.681. The Morgan fingerprint density at radius 3 is 2.70 bits per heavy atom. The molecule has 0 radical (unpaired) electrons. The second-order valence-corrected chi connectivity index (χ2v) is 9.78. The highest BCUT2D eigenvalue weighted by Gasteiger charge is 2.24. The number of hydrogen-bond donors (Lipinski definition) is 1. The van der Waals surface area contributed by atoms with Crippen molar-refractivity contribution in [3.8, 4) is 0 Å². The first-order valence-electron chi connectivity index (χ1n) is 10.9. The number of carbonyl (C=O) groups is 1. The van der Waals surface area contributed by atoms with E-state index in [0.717, 1.165) is 49.3 Å². The maximum atomic E-state index is 12.8. The summed E-state index contributed by atoms with van der Waals surface area (Å²) in [6.45, 7) is 10.2. The highest BCUT2D eigenvalue weighted by Crippen LogP contribution is 2.29. The third-order valence-electron chi connectivity index (χ3n) is 5.56. The van der Waals surface area contributed by atoms with Crippen LogP contribution < -0.4 is 10.2 Å². The molecule has 2 aromatic rings. The van der Waals surface area contributed by atoms with Gasteiger partial charge in [-0.15, -0.1) is 10.2 Å². The molecule has 162 valence electrons. The summed E-state index contributed by atoms with van der Waals surface area (Å²) >= 11 is 1.47. The summed E-state index contributed by atoms with van der Waals surface area (Å²) < 4.78 is 7.62. The molecule has 1 N–H and O–H groups in total. The van der Waals surface area contributed by atoms with Crippen molar-refractivity contribution in [3.05, 3.63) is 29.3 Å². The molecule has 1 fully saturated rings. The van der Waals surface area contributed by atoms with Crippen LogP contribution in [0.15, 0.2) is 23.4 Å². The molecule has 4 rings (SSSR count). The van der Waals surface area contributed by atoms with E-state index in [1.165, 1.54) is 29.3 Å². The van der Waals surface area contributed by atoms with Gasteiger partial charge in [0.2, 0.25) is 11.9 Å². The minimum absolute atomic E-state index is 0.00929. The molecular weight excluding hydrogens is 398 g/mol. The molecule has 1 aliphatic carbocycles. The van der Waals surface area contributed by atoms with Crippen LogP contribution in [0.5, 0.6) is 0 Å². The predicted molar refractivity (Wildman–Crippen MR) is 120 cm³/mol. The van der Waals surface area contributed by atoms with Crippen LogP contribution in [-0.4, -0.2) is 52.2 Å². The number of thioether (sulfide) groups is 1. The highest BCUT2D eigenvalue weighted by molar-refractivity contribution is 8.00. The number of aromatic nitrogens is 3. The Balaban J connectivity index is 1.45. The zero-order valence-electron chi connectivity index (χ0n) is 18.1. The number of rotatable bonds is 7. The van der Waals surface area contributed by atoms with Gasteiger partial charge in [0, 0.05) is 25.3 Å². The van der Waals surface area contributed by atoms with Gasteiger partial charge in [0.1, 0.15) is 0 Å². The van der Waals surface area contributed by atoms with Crippen LogP contribution in [0.2, 0.25) is 0 Å². The van der Waals surface area contributed by atoms with Crippen molar-refractivity contribution in [1.29, 1.82) is 0 Å². The third-order valence-corrected chi connectivity index (χ3v) is 6.64. The van der Waals surface area contributed by atoms with Crippen molar-refractivity contribution in [2.75, 3.05) is 36.5 Å². The molecule has 8 heteroatoms. The van der Waals surface area contributed by atoms with Crippen LogP contribution in [0.25, 0.3) is 0 Å². The molecule has 7 nitrogen and oxygen atoms in total. The van der Waals surface area contributed by atoms with Crippen molar-refractivity contribution in [2.24, 2.45) is 5.92 Å². The Morgan fingerprint density at radius 2 is 1.93 bits per heavy atom. The van der Waals surface area contributed by atoms with Crippen molar-refractivity contribution in [1.82, 2.24) is 14.8 Å². The van der Waals surface area contributed by atoms with Crippen LogP contribution in [0.4, 0.5) is 11.6 Å². The smallest absolute Gasteiger partial charge is 0.237 e. The van der Waals surface area contributed by atoms with Crippen LogP contribution >= 0.6 is 11.8 Å². The van der Waals surface area contributed by atoms with E-state index in [9.17, 15) is 4.79 Å². The number of morpholine rings is 1. The summed E-state index contributed by atoms with van der Waals surface area (Å²) in [5.41, 5.74) is 3.65. The maximum Gasteiger partial charge on any atom is 0.237 e. The van der Waals surface area contributed by atoms with Gasteiger partial charge < -0.3 is 15.0 Å². The van der Waals surface area contributed by atoms with Gasteiger partial charge in [0.15, 0.2) is 5.16 Å². The Bertz CT molecular complexity index is 892. The summed E-state index contributed by atoms with van der Waals surface area (Å²) in [5.74, 6) is 1.32. The minimum Gasteiger partial charge on any atom is -0.378 e. The number of anilines is 2. The molecule has 2 aliphatic rings. The molecule has 1 amide bonds. The lowest BCUT2D eigenvalue weighted by molar-refractivity contribution is -0.115. The van der Waals surface area contributed by atoms with Crippen LogP contribution in [0.1, 0.15) is 38.3 Å². The second kappa shape index (κ2) is 9.39. The zero-order valence-corrected chi connectivity index (χ0v) is 18.9. The fourth-order valence-corrected chi connectivity index (χ4v) is 4.85. The number of nitrogens with zero attached hydrogens (tertiary/aromatic N) is 4. The zero-order chi connectivity index (χ0) is 21.1. The Morgan fingerprint density at radius 1 is 1.17 bits per heavy atom. The van der Waals surface area contributed by atoms with E-state index in [1.807, 2.05) is 13.0 Å².